The van der Waals surface area contributed by atoms with E-state index in [1.165, 1.54) is 17.7 Å². The maximum absolute atomic E-state index is 13.6. The summed E-state index contributed by atoms with van der Waals surface area (Å²) >= 11 is 6.14. The second-order valence-corrected chi connectivity index (χ2v) is 9.74. The molecule has 28 heavy (non-hydrogen) atoms. The van der Waals surface area contributed by atoms with Crippen LogP contribution in [0.2, 0.25) is 5.02 Å². The van der Waals surface area contributed by atoms with E-state index in [9.17, 15) is 13.2 Å². The zero-order valence-electron chi connectivity index (χ0n) is 16.3. The monoisotopic (exact) mass is 430 g/mol. The zero-order valence-corrected chi connectivity index (χ0v) is 17.8. The Hall–Kier alpha value is -1.35. The Bertz CT molecular complexity index is 811. The van der Waals surface area contributed by atoms with Gasteiger partial charge in [-0.2, -0.15) is 0 Å². The molecule has 1 amide bonds. The number of hydrogen-bond donors (Lipinski definition) is 0. The summed E-state index contributed by atoms with van der Waals surface area (Å²) in [5, 5.41) is 0.456. The lowest BCUT2D eigenvalue weighted by molar-refractivity contribution is 0.00847. The summed E-state index contributed by atoms with van der Waals surface area (Å²) in [6, 6.07) is 4.78. The number of halogens is 1. The Labute approximate surface area is 171 Å². The van der Waals surface area contributed by atoms with Crippen LogP contribution < -0.4 is 4.74 Å². The standard InChI is InChI=1S/C19H27ClN2O5S/c1-26-18-6-5-14(20)12-17(18)19(23)22(15-7-10-27-11-8-15)16-4-3-9-21(13-16)28(2,24)25/h5-6,12,15-16H,3-4,7-11,13H2,1-2H3/t16-/m0/s1. The van der Waals surface area contributed by atoms with Gasteiger partial charge in [-0.1, -0.05) is 11.6 Å². The molecule has 7 nitrogen and oxygen atoms in total. The van der Waals surface area contributed by atoms with Crippen LogP contribution in [0.15, 0.2) is 18.2 Å². The second kappa shape index (κ2) is 8.98. The molecule has 1 aromatic carbocycles. The number of ether oxygens (including phenoxy) is 2. The number of nitrogens with zero attached hydrogens (tertiary/aromatic N) is 2. The maximum Gasteiger partial charge on any atom is 0.258 e. The van der Waals surface area contributed by atoms with Gasteiger partial charge in [0.15, 0.2) is 0 Å². The molecule has 0 spiro atoms. The average Bonchev–Trinajstić information content (AvgIpc) is 2.68. The minimum Gasteiger partial charge on any atom is -0.496 e. The molecule has 2 fully saturated rings. The number of amides is 1. The summed E-state index contributed by atoms with van der Waals surface area (Å²) in [6.07, 6.45) is 4.15. The van der Waals surface area contributed by atoms with Crippen LogP contribution in [-0.4, -0.2) is 75.3 Å². The van der Waals surface area contributed by atoms with Gasteiger partial charge in [0.05, 0.1) is 18.9 Å². The van der Waals surface area contributed by atoms with Crippen LogP contribution >= 0.6 is 11.6 Å². The molecule has 2 aliphatic heterocycles. The van der Waals surface area contributed by atoms with Crippen molar-refractivity contribution in [1.29, 1.82) is 0 Å². The minimum atomic E-state index is -3.31. The number of hydrogen-bond acceptors (Lipinski definition) is 5. The summed E-state index contributed by atoms with van der Waals surface area (Å²) in [7, 11) is -1.79. The van der Waals surface area contributed by atoms with Crippen molar-refractivity contribution in [2.75, 3.05) is 39.7 Å². The molecule has 0 radical (unpaired) electrons. The summed E-state index contributed by atoms with van der Waals surface area (Å²) < 4.78 is 36.5. The largest absolute Gasteiger partial charge is 0.496 e. The molecule has 0 N–H and O–H groups in total. The first-order chi connectivity index (χ1) is 13.3. The van der Waals surface area contributed by atoms with Gasteiger partial charge in [0.1, 0.15) is 5.75 Å². The number of piperidine rings is 1. The molecule has 156 valence electrons. The van der Waals surface area contributed by atoms with E-state index in [1.807, 2.05) is 4.90 Å². The van der Waals surface area contributed by atoms with E-state index in [-0.39, 0.29) is 18.0 Å². The molecule has 0 aromatic heterocycles. The van der Waals surface area contributed by atoms with Crippen molar-refractivity contribution < 1.29 is 22.7 Å². The van der Waals surface area contributed by atoms with E-state index in [0.29, 0.717) is 42.6 Å². The fourth-order valence-corrected chi connectivity index (χ4v) is 5.10. The van der Waals surface area contributed by atoms with Crippen molar-refractivity contribution in [3.63, 3.8) is 0 Å². The third kappa shape index (κ3) is 4.79. The average molecular weight is 431 g/mol. The topological polar surface area (TPSA) is 76.2 Å². The fourth-order valence-electron chi connectivity index (χ4n) is 4.03. The molecule has 0 bridgehead atoms. The molecular formula is C19H27ClN2O5S. The summed E-state index contributed by atoms with van der Waals surface area (Å²) in [5.74, 6) is 0.286. The van der Waals surface area contributed by atoms with Crippen molar-refractivity contribution in [2.45, 2.75) is 37.8 Å². The Morgan fingerprint density at radius 1 is 1.25 bits per heavy atom. The van der Waals surface area contributed by atoms with Gasteiger partial charge in [0.2, 0.25) is 10.0 Å². The van der Waals surface area contributed by atoms with E-state index < -0.39 is 10.0 Å². The molecule has 0 saturated carbocycles. The molecule has 2 saturated heterocycles. The summed E-state index contributed by atoms with van der Waals surface area (Å²) in [5.41, 5.74) is 0.401. The fraction of sp³-hybridized carbons (Fsp3) is 0.632. The van der Waals surface area contributed by atoms with Crippen LogP contribution in [0, 0.1) is 0 Å². The number of sulfonamides is 1. The Kier molecular flexibility index (Phi) is 6.85. The van der Waals surface area contributed by atoms with Gasteiger partial charge in [0.25, 0.3) is 5.91 Å². The van der Waals surface area contributed by atoms with Crippen LogP contribution in [-0.2, 0) is 14.8 Å². The quantitative estimate of drug-likeness (QED) is 0.716. The molecule has 0 unspecified atom stereocenters. The van der Waals surface area contributed by atoms with E-state index in [2.05, 4.69) is 0 Å². The van der Waals surface area contributed by atoms with Crippen LogP contribution in [0.3, 0.4) is 0 Å². The normalized spacial score (nSPS) is 22.0. The summed E-state index contributed by atoms with van der Waals surface area (Å²) in [4.78, 5) is 15.5. The molecule has 9 heteroatoms. The van der Waals surface area contributed by atoms with E-state index >= 15 is 0 Å². The lowest BCUT2D eigenvalue weighted by Crippen LogP contribution is -2.56. The SMILES string of the molecule is COc1ccc(Cl)cc1C(=O)N(C1CCOCC1)[C@H]1CCCN(S(C)(=O)=O)C1. The highest BCUT2D eigenvalue weighted by Crippen LogP contribution is 2.30. The van der Waals surface area contributed by atoms with Crippen molar-refractivity contribution in [2.24, 2.45) is 0 Å². The van der Waals surface area contributed by atoms with E-state index in [1.54, 1.807) is 18.2 Å². The number of carbonyl (C=O) groups is 1. The highest BCUT2D eigenvalue weighted by Gasteiger charge is 2.37. The maximum atomic E-state index is 13.6. The van der Waals surface area contributed by atoms with Gasteiger partial charge >= 0.3 is 0 Å². The Balaban J connectivity index is 1.95. The van der Waals surface area contributed by atoms with Crippen LogP contribution in [0.5, 0.6) is 5.75 Å². The van der Waals surface area contributed by atoms with Gasteiger partial charge in [0, 0.05) is 43.4 Å². The number of carbonyl (C=O) groups excluding carboxylic acids is 1. The molecule has 1 atom stereocenters. The van der Waals surface area contributed by atoms with Gasteiger partial charge in [-0.3, -0.25) is 4.79 Å². The predicted octanol–water partition coefficient (Wildman–Crippen LogP) is 2.39. The zero-order chi connectivity index (χ0) is 20.3. The molecular weight excluding hydrogens is 404 g/mol. The van der Waals surface area contributed by atoms with Gasteiger partial charge in [-0.25, -0.2) is 12.7 Å². The third-order valence-electron chi connectivity index (χ3n) is 5.43. The summed E-state index contributed by atoms with van der Waals surface area (Å²) in [6.45, 7) is 1.98. The van der Waals surface area contributed by atoms with Crippen molar-refractivity contribution >= 4 is 27.5 Å². The van der Waals surface area contributed by atoms with E-state index in [0.717, 1.165) is 25.7 Å². The van der Waals surface area contributed by atoms with Crippen molar-refractivity contribution in [3.8, 4) is 5.75 Å². The van der Waals surface area contributed by atoms with Gasteiger partial charge in [-0.15, -0.1) is 0 Å². The molecule has 2 aliphatic rings. The van der Waals surface area contributed by atoms with Gasteiger partial charge in [-0.05, 0) is 43.9 Å². The lowest BCUT2D eigenvalue weighted by Gasteiger charge is -2.43. The van der Waals surface area contributed by atoms with Gasteiger partial charge < -0.3 is 14.4 Å². The Morgan fingerprint density at radius 3 is 2.61 bits per heavy atom. The molecule has 3 rings (SSSR count). The van der Waals surface area contributed by atoms with Crippen LogP contribution in [0.4, 0.5) is 0 Å². The van der Waals surface area contributed by atoms with Crippen LogP contribution in [0.1, 0.15) is 36.0 Å². The smallest absolute Gasteiger partial charge is 0.258 e. The first-order valence-corrected chi connectivity index (χ1v) is 11.7. The lowest BCUT2D eigenvalue weighted by atomic mass is 9.98. The molecule has 2 heterocycles. The first kappa shape index (κ1) is 21.4. The number of benzene rings is 1. The number of methoxy groups -OCH3 is 1. The molecule has 1 aromatic rings. The highest BCUT2D eigenvalue weighted by atomic mass is 35.5. The first-order valence-electron chi connectivity index (χ1n) is 9.50. The predicted molar refractivity (Wildman–Crippen MR) is 107 cm³/mol. The second-order valence-electron chi connectivity index (χ2n) is 7.32. The van der Waals surface area contributed by atoms with Crippen molar-refractivity contribution in [1.82, 2.24) is 9.21 Å². The van der Waals surface area contributed by atoms with Crippen LogP contribution in [0.25, 0.3) is 0 Å². The molecule has 0 aliphatic carbocycles. The highest BCUT2D eigenvalue weighted by molar-refractivity contribution is 7.88. The van der Waals surface area contributed by atoms with E-state index in [4.69, 9.17) is 21.1 Å². The Morgan fingerprint density at radius 2 is 1.96 bits per heavy atom. The minimum absolute atomic E-state index is 0.00514. The number of rotatable bonds is 5. The third-order valence-corrected chi connectivity index (χ3v) is 6.94. The van der Waals surface area contributed by atoms with Crippen molar-refractivity contribution in [3.05, 3.63) is 28.8 Å².